The quantitative estimate of drug-likeness (QED) is 0.881. The lowest BCUT2D eigenvalue weighted by Crippen LogP contribution is -2.34. The molecule has 0 atom stereocenters. The van der Waals surface area contributed by atoms with Crippen LogP contribution in [0.15, 0.2) is 18.2 Å². The molecule has 1 aromatic rings. The molecule has 6 heteroatoms. The third-order valence-electron chi connectivity index (χ3n) is 3.08. The van der Waals surface area contributed by atoms with Gasteiger partial charge in [-0.2, -0.15) is 0 Å². The summed E-state index contributed by atoms with van der Waals surface area (Å²) in [5.74, 6) is -2.35. The Bertz CT molecular complexity index is 494. The minimum Gasteiger partial charge on any atom is -0.481 e. The molecule has 0 bridgehead atoms. The van der Waals surface area contributed by atoms with E-state index >= 15 is 0 Å². The number of carbonyl (C=O) groups excluding carboxylic acids is 1. The zero-order chi connectivity index (χ0) is 13.3. The van der Waals surface area contributed by atoms with E-state index in [1.807, 2.05) is 0 Å². The molecule has 0 saturated heterocycles. The Balaban J connectivity index is 2.07. The number of halogens is 2. The van der Waals surface area contributed by atoms with Crippen LogP contribution in [0.25, 0.3) is 0 Å². The van der Waals surface area contributed by atoms with Gasteiger partial charge in [-0.1, -0.05) is 17.7 Å². The minimum absolute atomic E-state index is 0.00710. The van der Waals surface area contributed by atoms with E-state index in [0.717, 1.165) is 6.07 Å². The maximum absolute atomic E-state index is 13.4. The highest BCUT2D eigenvalue weighted by Gasteiger charge is 2.50. The Morgan fingerprint density at radius 2 is 2.11 bits per heavy atom. The van der Waals surface area contributed by atoms with Gasteiger partial charge in [0.15, 0.2) is 0 Å². The van der Waals surface area contributed by atoms with Crippen LogP contribution in [0.4, 0.5) is 4.39 Å². The summed E-state index contributed by atoms with van der Waals surface area (Å²) in [6.07, 6.45) is 1.04. The Hall–Kier alpha value is -1.62. The highest BCUT2D eigenvalue weighted by Crippen LogP contribution is 2.45. The van der Waals surface area contributed by atoms with E-state index in [4.69, 9.17) is 16.7 Å². The molecule has 1 fully saturated rings. The Morgan fingerprint density at radius 1 is 1.44 bits per heavy atom. The van der Waals surface area contributed by atoms with Gasteiger partial charge in [-0.25, -0.2) is 4.39 Å². The molecule has 0 spiro atoms. The zero-order valence-electron chi connectivity index (χ0n) is 9.37. The number of carboxylic acids is 1. The maximum Gasteiger partial charge on any atom is 0.311 e. The van der Waals surface area contributed by atoms with Crippen LogP contribution in [-0.4, -0.2) is 23.5 Å². The van der Waals surface area contributed by atoms with Crippen LogP contribution in [0.1, 0.15) is 23.2 Å². The lowest BCUT2D eigenvalue weighted by atomic mass is 10.1. The molecule has 1 aliphatic rings. The number of aliphatic carboxylic acids is 1. The van der Waals surface area contributed by atoms with Crippen molar-refractivity contribution in [1.82, 2.24) is 5.32 Å². The highest BCUT2D eigenvalue weighted by atomic mass is 35.5. The van der Waals surface area contributed by atoms with Crippen molar-refractivity contribution in [2.75, 3.05) is 6.54 Å². The molecule has 1 saturated carbocycles. The Kier molecular flexibility index (Phi) is 3.26. The smallest absolute Gasteiger partial charge is 0.311 e. The van der Waals surface area contributed by atoms with Crippen molar-refractivity contribution < 1.29 is 19.1 Å². The predicted molar refractivity (Wildman–Crippen MR) is 63.0 cm³/mol. The highest BCUT2D eigenvalue weighted by molar-refractivity contribution is 6.33. The van der Waals surface area contributed by atoms with E-state index in [-0.39, 0.29) is 17.1 Å². The topological polar surface area (TPSA) is 66.4 Å². The van der Waals surface area contributed by atoms with Crippen molar-refractivity contribution in [3.8, 4) is 0 Å². The first-order chi connectivity index (χ1) is 8.46. The van der Waals surface area contributed by atoms with Crippen molar-refractivity contribution in [1.29, 1.82) is 0 Å². The number of carboxylic acid groups (broad SMARTS) is 1. The first-order valence-corrected chi connectivity index (χ1v) is 5.80. The van der Waals surface area contributed by atoms with Crippen LogP contribution in [0.3, 0.4) is 0 Å². The second kappa shape index (κ2) is 4.57. The number of hydrogen-bond acceptors (Lipinski definition) is 2. The van der Waals surface area contributed by atoms with Gasteiger partial charge >= 0.3 is 5.97 Å². The number of benzene rings is 1. The van der Waals surface area contributed by atoms with Crippen LogP contribution in [0.5, 0.6) is 0 Å². The predicted octanol–water partition coefficient (Wildman–Crippen LogP) is 2.07. The van der Waals surface area contributed by atoms with Crippen molar-refractivity contribution in [2.24, 2.45) is 5.41 Å². The fraction of sp³-hybridized carbons (Fsp3) is 0.333. The molecule has 96 valence electrons. The molecule has 0 aliphatic heterocycles. The van der Waals surface area contributed by atoms with E-state index in [2.05, 4.69) is 5.32 Å². The van der Waals surface area contributed by atoms with E-state index < -0.39 is 23.1 Å². The van der Waals surface area contributed by atoms with Gasteiger partial charge in [0.25, 0.3) is 5.91 Å². The monoisotopic (exact) mass is 271 g/mol. The fourth-order valence-corrected chi connectivity index (χ4v) is 1.92. The molecule has 0 aromatic heterocycles. The average Bonchev–Trinajstić information content (AvgIpc) is 3.07. The van der Waals surface area contributed by atoms with Gasteiger partial charge in [0, 0.05) is 6.54 Å². The van der Waals surface area contributed by atoms with Gasteiger partial charge in [-0.05, 0) is 25.0 Å². The van der Waals surface area contributed by atoms with Gasteiger partial charge < -0.3 is 10.4 Å². The summed E-state index contributed by atoms with van der Waals surface area (Å²) < 4.78 is 13.4. The van der Waals surface area contributed by atoms with Crippen LogP contribution in [0.2, 0.25) is 5.02 Å². The summed E-state index contributed by atoms with van der Waals surface area (Å²) in [7, 11) is 0. The van der Waals surface area contributed by atoms with Crippen LogP contribution in [-0.2, 0) is 4.79 Å². The first-order valence-electron chi connectivity index (χ1n) is 5.42. The minimum atomic E-state index is -0.942. The Labute approximate surface area is 108 Å². The number of rotatable bonds is 4. The summed E-state index contributed by atoms with van der Waals surface area (Å²) >= 11 is 5.74. The van der Waals surface area contributed by atoms with E-state index in [1.165, 1.54) is 12.1 Å². The third kappa shape index (κ3) is 2.31. The summed E-state index contributed by atoms with van der Waals surface area (Å²) in [6.45, 7) is -0.00811. The second-order valence-corrected chi connectivity index (χ2v) is 4.77. The number of nitrogens with one attached hydrogen (secondary N) is 1. The average molecular weight is 272 g/mol. The molecule has 2 rings (SSSR count). The van der Waals surface area contributed by atoms with Gasteiger partial charge in [0.1, 0.15) is 5.82 Å². The molecule has 1 amide bonds. The number of hydrogen-bond donors (Lipinski definition) is 2. The van der Waals surface area contributed by atoms with Crippen molar-refractivity contribution >= 4 is 23.5 Å². The number of carbonyl (C=O) groups is 2. The van der Waals surface area contributed by atoms with Gasteiger partial charge in [-0.15, -0.1) is 0 Å². The molecular formula is C12H11ClFNO3. The van der Waals surface area contributed by atoms with Gasteiger partial charge in [0.2, 0.25) is 0 Å². The first kappa shape index (κ1) is 12.8. The summed E-state index contributed by atoms with van der Waals surface area (Å²) in [4.78, 5) is 22.7. The SMILES string of the molecule is O=C(NCC1(C(=O)O)CC1)c1c(F)cccc1Cl. The molecule has 0 heterocycles. The van der Waals surface area contributed by atoms with Crippen LogP contribution >= 0.6 is 11.6 Å². The molecule has 4 nitrogen and oxygen atoms in total. The molecular weight excluding hydrogens is 261 g/mol. The van der Waals surface area contributed by atoms with E-state index in [9.17, 15) is 14.0 Å². The van der Waals surface area contributed by atoms with E-state index in [0.29, 0.717) is 12.8 Å². The van der Waals surface area contributed by atoms with Crippen LogP contribution in [0, 0.1) is 11.2 Å². The molecule has 2 N–H and O–H groups in total. The van der Waals surface area contributed by atoms with Crippen molar-refractivity contribution in [2.45, 2.75) is 12.8 Å². The third-order valence-corrected chi connectivity index (χ3v) is 3.40. The van der Waals surface area contributed by atoms with Crippen molar-refractivity contribution in [3.63, 3.8) is 0 Å². The largest absolute Gasteiger partial charge is 0.481 e. The summed E-state index contributed by atoms with van der Waals surface area (Å²) in [5.41, 5.74) is -1.13. The fourth-order valence-electron chi connectivity index (χ4n) is 1.67. The van der Waals surface area contributed by atoms with E-state index in [1.54, 1.807) is 0 Å². The molecule has 18 heavy (non-hydrogen) atoms. The van der Waals surface area contributed by atoms with Gasteiger partial charge in [0.05, 0.1) is 16.0 Å². The normalized spacial score (nSPS) is 16.1. The van der Waals surface area contributed by atoms with Gasteiger partial charge in [-0.3, -0.25) is 9.59 Å². The molecule has 1 aliphatic carbocycles. The maximum atomic E-state index is 13.4. The summed E-state index contributed by atoms with van der Waals surface area (Å²) in [5, 5.41) is 11.4. The molecule has 0 radical (unpaired) electrons. The molecule has 1 aromatic carbocycles. The lowest BCUT2D eigenvalue weighted by molar-refractivity contribution is -0.143. The lowest BCUT2D eigenvalue weighted by Gasteiger charge is -2.12. The van der Waals surface area contributed by atoms with Crippen molar-refractivity contribution in [3.05, 3.63) is 34.6 Å². The zero-order valence-corrected chi connectivity index (χ0v) is 10.1. The standard InChI is InChI=1S/C12H11ClFNO3/c13-7-2-1-3-8(14)9(7)10(16)15-6-12(4-5-12)11(17)18/h1-3H,4-6H2,(H,15,16)(H,17,18). The Morgan fingerprint density at radius 3 is 2.61 bits per heavy atom. The van der Waals surface area contributed by atoms with Crippen LogP contribution < -0.4 is 5.32 Å². The molecule has 0 unspecified atom stereocenters. The summed E-state index contributed by atoms with van der Waals surface area (Å²) in [6, 6.07) is 3.93. The number of amides is 1. The second-order valence-electron chi connectivity index (χ2n) is 4.36.